The van der Waals surface area contributed by atoms with Crippen molar-refractivity contribution in [2.24, 2.45) is 5.73 Å². The van der Waals surface area contributed by atoms with Gasteiger partial charge in [-0.2, -0.15) is 5.26 Å². The standard InChI is InChI=1S/C24H19BrFN3O6/c1-33-22(30)14-9-13(25)10-16(19(14)26)29-20(24(32)35-3)18(23(31)34-2)17(15(11-27)21(29)28)12-7-5-4-6-8-12/h4-10,17H,28H2,1-3H3. The SMILES string of the molecule is COC(=O)C1=C(C(=O)OC)N(c2cc(Br)cc(C(=O)OC)c2F)C(N)=C(C#N)C1c1ccccc1. The summed E-state index contributed by atoms with van der Waals surface area (Å²) in [6, 6.07) is 12.7. The number of hydrogen-bond donors (Lipinski definition) is 1. The maximum atomic E-state index is 15.6. The number of methoxy groups -OCH3 is 3. The average molecular weight is 544 g/mol. The topological polar surface area (TPSA) is 132 Å². The molecule has 2 aromatic rings. The fraction of sp³-hybridized carbons (Fsp3) is 0.167. The summed E-state index contributed by atoms with van der Waals surface area (Å²) in [5.41, 5.74) is 5.01. The molecule has 1 unspecified atom stereocenters. The van der Waals surface area contributed by atoms with Crippen molar-refractivity contribution in [2.75, 3.05) is 26.2 Å². The molecule has 0 aliphatic carbocycles. The summed E-state index contributed by atoms with van der Waals surface area (Å²) in [5, 5.41) is 10.0. The minimum absolute atomic E-state index is 0.150. The lowest BCUT2D eigenvalue weighted by Gasteiger charge is -2.36. The van der Waals surface area contributed by atoms with Crippen molar-refractivity contribution >= 4 is 39.5 Å². The number of carbonyl (C=O) groups excluding carboxylic acids is 3. The van der Waals surface area contributed by atoms with Crippen molar-refractivity contribution in [1.29, 1.82) is 5.26 Å². The third-order valence-corrected chi connectivity index (χ3v) is 5.73. The molecule has 1 aliphatic rings. The van der Waals surface area contributed by atoms with Gasteiger partial charge < -0.3 is 19.9 Å². The second-order valence-corrected chi connectivity index (χ2v) is 8.03. The summed E-state index contributed by atoms with van der Waals surface area (Å²) in [5.74, 6) is -5.58. The third kappa shape index (κ3) is 4.48. The van der Waals surface area contributed by atoms with E-state index in [4.69, 9.17) is 15.2 Å². The van der Waals surface area contributed by atoms with Crippen molar-refractivity contribution in [3.8, 4) is 6.07 Å². The number of carbonyl (C=O) groups is 3. The molecule has 0 spiro atoms. The fourth-order valence-corrected chi connectivity index (χ4v) is 4.21. The quantitative estimate of drug-likeness (QED) is 0.445. The van der Waals surface area contributed by atoms with E-state index < -0.39 is 46.6 Å². The number of rotatable bonds is 5. The number of benzene rings is 2. The molecular formula is C24H19BrFN3O6. The molecule has 0 aromatic heterocycles. The third-order valence-electron chi connectivity index (χ3n) is 5.27. The van der Waals surface area contributed by atoms with Gasteiger partial charge in [0.2, 0.25) is 0 Å². The van der Waals surface area contributed by atoms with E-state index in [1.165, 1.54) is 12.1 Å². The predicted molar refractivity (Wildman–Crippen MR) is 125 cm³/mol. The largest absolute Gasteiger partial charge is 0.466 e. The number of nitrogens with zero attached hydrogens (tertiary/aromatic N) is 2. The van der Waals surface area contributed by atoms with Gasteiger partial charge in [0.05, 0.1) is 55.7 Å². The molecule has 0 saturated carbocycles. The predicted octanol–water partition coefficient (Wildman–Crippen LogP) is 3.27. The van der Waals surface area contributed by atoms with Gasteiger partial charge >= 0.3 is 17.9 Å². The number of esters is 3. The highest BCUT2D eigenvalue weighted by atomic mass is 79.9. The first kappa shape index (κ1) is 25.5. The highest BCUT2D eigenvalue weighted by molar-refractivity contribution is 9.10. The van der Waals surface area contributed by atoms with E-state index >= 15 is 4.39 Å². The van der Waals surface area contributed by atoms with Gasteiger partial charge in [-0.25, -0.2) is 18.8 Å². The molecule has 2 aromatic carbocycles. The van der Waals surface area contributed by atoms with Crippen LogP contribution in [-0.4, -0.2) is 39.2 Å². The minimum Gasteiger partial charge on any atom is -0.466 e. The lowest BCUT2D eigenvalue weighted by atomic mass is 9.81. The van der Waals surface area contributed by atoms with Crippen LogP contribution in [0.5, 0.6) is 0 Å². The first-order chi connectivity index (χ1) is 16.7. The molecule has 11 heteroatoms. The minimum atomic E-state index is -1.12. The number of nitrogens with two attached hydrogens (primary N) is 1. The Morgan fingerprint density at radius 2 is 1.63 bits per heavy atom. The lowest BCUT2D eigenvalue weighted by Crippen LogP contribution is -2.41. The van der Waals surface area contributed by atoms with Gasteiger partial charge in [0.15, 0.2) is 5.82 Å². The Hall–Kier alpha value is -4.17. The normalized spacial score (nSPS) is 15.4. The summed E-state index contributed by atoms with van der Waals surface area (Å²) < 4.78 is 30.3. The molecule has 1 aliphatic heterocycles. The van der Waals surface area contributed by atoms with E-state index in [1.807, 2.05) is 6.07 Å². The van der Waals surface area contributed by atoms with Crippen LogP contribution in [0.3, 0.4) is 0 Å². The van der Waals surface area contributed by atoms with E-state index in [0.717, 1.165) is 26.2 Å². The molecule has 0 amide bonds. The summed E-state index contributed by atoms with van der Waals surface area (Å²) >= 11 is 3.20. The zero-order valence-electron chi connectivity index (χ0n) is 18.8. The number of hydrogen-bond acceptors (Lipinski definition) is 9. The maximum Gasteiger partial charge on any atom is 0.355 e. The van der Waals surface area contributed by atoms with Gasteiger partial charge in [0, 0.05) is 4.47 Å². The Kier molecular flexibility index (Phi) is 7.56. The Bertz CT molecular complexity index is 1320. The van der Waals surface area contributed by atoms with Crippen LogP contribution in [0.2, 0.25) is 0 Å². The molecule has 0 saturated heterocycles. The van der Waals surface area contributed by atoms with Crippen LogP contribution in [0.25, 0.3) is 0 Å². The molecule has 0 fully saturated rings. The lowest BCUT2D eigenvalue weighted by molar-refractivity contribution is -0.139. The molecule has 2 N–H and O–H groups in total. The van der Waals surface area contributed by atoms with Gasteiger partial charge in [0.1, 0.15) is 11.5 Å². The van der Waals surface area contributed by atoms with Crippen molar-refractivity contribution in [3.63, 3.8) is 0 Å². The molecule has 0 bridgehead atoms. The van der Waals surface area contributed by atoms with Crippen LogP contribution in [0.15, 0.2) is 69.6 Å². The zero-order valence-corrected chi connectivity index (χ0v) is 20.4. The van der Waals surface area contributed by atoms with Crippen LogP contribution in [-0.2, 0) is 23.8 Å². The van der Waals surface area contributed by atoms with Crippen LogP contribution < -0.4 is 10.6 Å². The Morgan fingerprint density at radius 1 is 1.03 bits per heavy atom. The second-order valence-electron chi connectivity index (χ2n) is 7.11. The van der Waals surface area contributed by atoms with E-state index in [-0.39, 0.29) is 21.4 Å². The molecule has 3 rings (SSSR count). The average Bonchev–Trinajstić information content (AvgIpc) is 2.88. The molecule has 0 radical (unpaired) electrons. The van der Waals surface area contributed by atoms with Gasteiger partial charge in [-0.15, -0.1) is 0 Å². The number of ether oxygens (including phenoxy) is 3. The summed E-state index contributed by atoms with van der Waals surface area (Å²) in [4.78, 5) is 39.1. The highest BCUT2D eigenvalue weighted by Gasteiger charge is 2.44. The van der Waals surface area contributed by atoms with Crippen LogP contribution in [0, 0.1) is 17.1 Å². The summed E-state index contributed by atoms with van der Waals surface area (Å²) in [6.45, 7) is 0. The van der Waals surface area contributed by atoms with Crippen LogP contribution in [0.1, 0.15) is 21.8 Å². The zero-order chi connectivity index (χ0) is 25.9. The first-order valence-electron chi connectivity index (χ1n) is 9.94. The number of nitriles is 1. The van der Waals surface area contributed by atoms with E-state index in [1.54, 1.807) is 30.3 Å². The first-order valence-corrected chi connectivity index (χ1v) is 10.7. The smallest absolute Gasteiger partial charge is 0.355 e. The van der Waals surface area contributed by atoms with Crippen molar-refractivity contribution in [2.45, 2.75) is 5.92 Å². The molecule has 9 nitrogen and oxygen atoms in total. The van der Waals surface area contributed by atoms with Crippen LogP contribution >= 0.6 is 15.9 Å². The highest BCUT2D eigenvalue weighted by Crippen LogP contribution is 2.44. The Morgan fingerprint density at radius 3 is 2.17 bits per heavy atom. The fourth-order valence-electron chi connectivity index (χ4n) is 3.76. The van der Waals surface area contributed by atoms with Crippen molar-refractivity contribution in [3.05, 3.63) is 86.5 Å². The molecule has 35 heavy (non-hydrogen) atoms. The van der Waals surface area contributed by atoms with E-state index in [2.05, 4.69) is 20.7 Å². The second kappa shape index (κ2) is 10.4. The van der Waals surface area contributed by atoms with Crippen molar-refractivity contribution in [1.82, 2.24) is 0 Å². The maximum absolute atomic E-state index is 15.6. The molecule has 180 valence electrons. The monoisotopic (exact) mass is 543 g/mol. The molecular weight excluding hydrogens is 525 g/mol. The Balaban J connectivity index is 2.48. The van der Waals surface area contributed by atoms with Crippen LogP contribution in [0.4, 0.5) is 10.1 Å². The van der Waals surface area contributed by atoms with Gasteiger partial charge in [-0.05, 0) is 17.7 Å². The molecule has 1 heterocycles. The number of allylic oxidation sites excluding steroid dienone is 1. The van der Waals surface area contributed by atoms with Crippen molar-refractivity contribution < 1.29 is 33.0 Å². The van der Waals surface area contributed by atoms with E-state index in [9.17, 15) is 19.6 Å². The van der Waals surface area contributed by atoms with Gasteiger partial charge in [-0.1, -0.05) is 46.3 Å². The summed E-state index contributed by atoms with van der Waals surface area (Å²) in [7, 11) is 3.24. The Labute approximate surface area is 208 Å². The number of halogens is 2. The van der Waals surface area contributed by atoms with Gasteiger partial charge in [-0.3, -0.25) is 4.90 Å². The van der Waals surface area contributed by atoms with Gasteiger partial charge in [0.25, 0.3) is 0 Å². The number of anilines is 1. The summed E-state index contributed by atoms with van der Waals surface area (Å²) in [6.07, 6.45) is 0. The van der Waals surface area contributed by atoms with E-state index in [0.29, 0.717) is 5.56 Å². The molecule has 1 atom stereocenters.